The van der Waals surface area contributed by atoms with Crippen molar-refractivity contribution in [1.29, 1.82) is 5.26 Å². The number of anilines is 2. The van der Waals surface area contributed by atoms with Gasteiger partial charge in [0, 0.05) is 6.54 Å². The summed E-state index contributed by atoms with van der Waals surface area (Å²) in [6.45, 7) is 3.05. The lowest BCUT2D eigenvalue weighted by Crippen LogP contribution is -2.30. The molecule has 0 spiro atoms. The summed E-state index contributed by atoms with van der Waals surface area (Å²) in [5.74, 6) is 0.888. The number of nitrogens with zero attached hydrogens (tertiary/aromatic N) is 5. The van der Waals surface area contributed by atoms with E-state index in [0.717, 1.165) is 13.0 Å². The molecule has 9 nitrogen and oxygen atoms in total. The van der Waals surface area contributed by atoms with Gasteiger partial charge in [-0.05, 0) is 39.1 Å². The quantitative estimate of drug-likeness (QED) is 0.502. The first kappa shape index (κ1) is 20.5. The number of nitrogens with one attached hydrogen (secondary N) is 2. The molecular weight excluding hydrogens is 392 g/mol. The number of hydrogen-bond donors (Lipinski definition) is 3. The molecule has 2 aromatic heterocycles. The lowest BCUT2D eigenvalue weighted by Gasteiger charge is -2.20. The predicted octanol–water partition coefficient (Wildman–Crippen LogP) is 2.08. The van der Waals surface area contributed by atoms with E-state index < -0.39 is 6.04 Å². The molecule has 0 aliphatic heterocycles. The summed E-state index contributed by atoms with van der Waals surface area (Å²) in [7, 11) is 1.85. The Morgan fingerprint density at radius 1 is 1.38 bits per heavy atom. The summed E-state index contributed by atoms with van der Waals surface area (Å²) in [6, 6.07) is 6.75. The van der Waals surface area contributed by atoms with Crippen LogP contribution < -0.4 is 21.9 Å². The summed E-state index contributed by atoms with van der Waals surface area (Å²) in [5.41, 5.74) is 6.22. The van der Waals surface area contributed by atoms with Crippen molar-refractivity contribution in [2.75, 3.05) is 24.6 Å². The summed E-state index contributed by atoms with van der Waals surface area (Å²) in [6.07, 6.45) is 2.01. The highest BCUT2D eigenvalue weighted by Gasteiger charge is 2.20. The number of hydrogen-bond acceptors (Lipinski definition) is 8. The van der Waals surface area contributed by atoms with Crippen LogP contribution in [0.5, 0.6) is 0 Å². The Hall–Kier alpha value is -3.22. The van der Waals surface area contributed by atoms with Gasteiger partial charge in [-0.25, -0.2) is 15.0 Å². The van der Waals surface area contributed by atoms with Gasteiger partial charge in [-0.3, -0.25) is 9.36 Å². The summed E-state index contributed by atoms with van der Waals surface area (Å²) in [4.78, 5) is 25.8. The number of benzene rings is 1. The molecule has 0 fully saturated rings. The monoisotopic (exact) mass is 412 g/mol. The molecule has 3 aromatic rings. The number of rotatable bonds is 7. The molecular formula is C19H21ClN8O. The molecule has 150 valence electrons. The van der Waals surface area contributed by atoms with Gasteiger partial charge in [0.25, 0.3) is 5.56 Å². The first-order valence-corrected chi connectivity index (χ1v) is 9.46. The van der Waals surface area contributed by atoms with Gasteiger partial charge in [0.1, 0.15) is 35.4 Å². The van der Waals surface area contributed by atoms with Crippen LogP contribution >= 0.6 is 11.6 Å². The van der Waals surface area contributed by atoms with Gasteiger partial charge in [0.2, 0.25) is 0 Å². The fourth-order valence-electron chi connectivity index (χ4n) is 3.09. The zero-order valence-electron chi connectivity index (χ0n) is 16.1. The van der Waals surface area contributed by atoms with Crippen LogP contribution in [0.1, 0.15) is 30.8 Å². The van der Waals surface area contributed by atoms with E-state index in [1.165, 1.54) is 6.33 Å². The van der Waals surface area contributed by atoms with Crippen molar-refractivity contribution < 1.29 is 0 Å². The first-order chi connectivity index (χ1) is 14.0. The van der Waals surface area contributed by atoms with E-state index in [9.17, 15) is 10.1 Å². The third kappa shape index (κ3) is 4.13. The Balaban J connectivity index is 2.09. The maximum atomic E-state index is 13.2. The Kier molecular flexibility index (Phi) is 6.26. The molecule has 1 atom stereocenters. The Bertz CT molecular complexity index is 1140. The highest BCUT2D eigenvalue weighted by atomic mass is 35.5. The fraction of sp³-hybridized carbons (Fsp3) is 0.316. The van der Waals surface area contributed by atoms with Crippen LogP contribution in [-0.2, 0) is 6.54 Å². The van der Waals surface area contributed by atoms with Gasteiger partial charge in [0.15, 0.2) is 0 Å². The highest BCUT2D eigenvalue weighted by molar-refractivity contribution is 6.35. The molecule has 0 amide bonds. The molecule has 0 bridgehead atoms. The van der Waals surface area contributed by atoms with Crippen molar-refractivity contribution in [3.8, 4) is 6.07 Å². The second kappa shape index (κ2) is 8.86. The molecule has 2 heterocycles. The van der Waals surface area contributed by atoms with Crippen LogP contribution in [0.25, 0.3) is 10.9 Å². The van der Waals surface area contributed by atoms with E-state index in [0.29, 0.717) is 28.3 Å². The minimum absolute atomic E-state index is 0.0851. The molecule has 29 heavy (non-hydrogen) atoms. The molecule has 0 unspecified atom stereocenters. The maximum Gasteiger partial charge on any atom is 0.262 e. The molecule has 0 radical (unpaired) electrons. The van der Waals surface area contributed by atoms with Gasteiger partial charge in [-0.2, -0.15) is 5.26 Å². The second-order valence-electron chi connectivity index (χ2n) is 6.48. The van der Waals surface area contributed by atoms with Crippen LogP contribution in [0.15, 0.2) is 29.3 Å². The normalized spacial score (nSPS) is 11.9. The standard InChI is InChI=1S/C19H21ClN8O/c1-11(26-17-12(9-21)16(22)24-10-25-17)18-27-14-6-3-5-13(20)15(14)19(29)28(18)8-4-7-23-2/h3,5-6,10-11,23H,4,7-8H2,1-2H3,(H3,22,24,25,26)/t11-/m0/s1. The van der Waals surface area contributed by atoms with Crippen molar-refractivity contribution in [3.05, 3.63) is 51.3 Å². The van der Waals surface area contributed by atoms with Gasteiger partial charge in [-0.1, -0.05) is 17.7 Å². The van der Waals surface area contributed by atoms with Crippen molar-refractivity contribution >= 4 is 34.1 Å². The molecule has 0 aliphatic rings. The lowest BCUT2D eigenvalue weighted by atomic mass is 10.2. The molecule has 0 saturated carbocycles. The molecule has 10 heteroatoms. The molecule has 3 rings (SSSR count). The van der Waals surface area contributed by atoms with Crippen molar-refractivity contribution in [2.24, 2.45) is 0 Å². The Morgan fingerprint density at radius 2 is 2.17 bits per heavy atom. The Labute approximate surface area is 172 Å². The largest absolute Gasteiger partial charge is 0.382 e. The van der Waals surface area contributed by atoms with Crippen LogP contribution in [-0.4, -0.2) is 33.1 Å². The SMILES string of the molecule is CNCCCn1c([C@H](C)Nc2ncnc(N)c2C#N)nc2cccc(Cl)c2c1=O. The maximum absolute atomic E-state index is 13.2. The van der Waals surface area contributed by atoms with E-state index in [-0.39, 0.29) is 22.8 Å². The molecule has 1 aromatic carbocycles. The predicted molar refractivity (Wildman–Crippen MR) is 113 cm³/mol. The summed E-state index contributed by atoms with van der Waals surface area (Å²) < 4.78 is 1.61. The van der Waals surface area contributed by atoms with Crippen LogP contribution in [0, 0.1) is 11.3 Å². The summed E-state index contributed by atoms with van der Waals surface area (Å²) >= 11 is 6.27. The average Bonchev–Trinajstić information content (AvgIpc) is 2.69. The van der Waals surface area contributed by atoms with Crippen molar-refractivity contribution in [3.63, 3.8) is 0 Å². The Morgan fingerprint density at radius 3 is 2.90 bits per heavy atom. The first-order valence-electron chi connectivity index (χ1n) is 9.08. The topological polar surface area (TPSA) is 135 Å². The number of aromatic nitrogens is 4. The van der Waals surface area contributed by atoms with E-state index in [2.05, 4.69) is 25.6 Å². The van der Waals surface area contributed by atoms with Crippen LogP contribution in [0.3, 0.4) is 0 Å². The number of halogens is 1. The van der Waals surface area contributed by atoms with E-state index >= 15 is 0 Å². The molecule has 0 aliphatic carbocycles. The van der Waals surface area contributed by atoms with E-state index in [1.807, 2.05) is 20.0 Å². The van der Waals surface area contributed by atoms with Gasteiger partial charge < -0.3 is 16.4 Å². The van der Waals surface area contributed by atoms with E-state index in [4.69, 9.17) is 17.3 Å². The van der Waals surface area contributed by atoms with Gasteiger partial charge in [-0.15, -0.1) is 0 Å². The van der Waals surface area contributed by atoms with Gasteiger partial charge in [0.05, 0.1) is 22.0 Å². The van der Waals surface area contributed by atoms with Crippen molar-refractivity contribution in [1.82, 2.24) is 24.8 Å². The number of nitriles is 1. The number of nitrogens with two attached hydrogens (primary N) is 1. The minimum atomic E-state index is -0.429. The number of nitrogen functional groups attached to an aromatic ring is 1. The minimum Gasteiger partial charge on any atom is -0.382 e. The smallest absolute Gasteiger partial charge is 0.262 e. The van der Waals surface area contributed by atoms with Crippen LogP contribution in [0.2, 0.25) is 5.02 Å². The number of fused-ring (bicyclic) bond motifs is 1. The summed E-state index contributed by atoms with van der Waals surface area (Å²) in [5, 5.41) is 16.3. The third-order valence-corrected chi connectivity index (χ3v) is 4.81. The second-order valence-corrected chi connectivity index (χ2v) is 6.89. The third-order valence-electron chi connectivity index (χ3n) is 4.50. The lowest BCUT2D eigenvalue weighted by molar-refractivity contribution is 0.552. The average molecular weight is 413 g/mol. The molecule has 4 N–H and O–H groups in total. The molecule has 0 saturated heterocycles. The zero-order chi connectivity index (χ0) is 21.0. The van der Waals surface area contributed by atoms with Crippen LogP contribution in [0.4, 0.5) is 11.6 Å². The fourth-order valence-corrected chi connectivity index (χ4v) is 3.34. The zero-order valence-corrected chi connectivity index (χ0v) is 16.9. The highest BCUT2D eigenvalue weighted by Crippen LogP contribution is 2.24. The van der Waals surface area contributed by atoms with Gasteiger partial charge >= 0.3 is 0 Å². The van der Waals surface area contributed by atoms with E-state index in [1.54, 1.807) is 22.8 Å². The van der Waals surface area contributed by atoms with Crippen molar-refractivity contribution in [2.45, 2.75) is 25.9 Å².